The van der Waals surface area contributed by atoms with E-state index >= 15 is 0 Å². The van der Waals surface area contributed by atoms with Gasteiger partial charge in [0.25, 0.3) is 0 Å². The lowest BCUT2D eigenvalue weighted by Crippen LogP contribution is -2.46. The van der Waals surface area contributed by atoms with Crippen LogP contribution in [0.3, 0.4) is 0 Å². The second kappa shape index (κ2) is 5.38. The number of rotatable bonds is 4. The molecule has 0 spiro atoms. The summed E-state index contributed by atoms with van der Waals surface area (Å²) in [5, 5.41) is 3.16. The first-order valence-corrected chi connectivity index (χ1v) is 7.13. The molecule has 2 rings (SSSR count). The van der Waals surface area contributed by atoms with Gasteiger partial charge in [0, 0.05) is 12.5 Å². The van der Waals surface area contributed by atoms with E-state index in [4.69, 9.17) is 5.73 Å². The SMILES string of the molecule is CC1CC(NC(=O)CC2(CN)CCCCC2)C1. The summed E-state index contributed by atoms with van der Waals surface area (Å²) in [6.45, 7) is 2.91. The third kappa shape index (κ3) is 3.21. The number of nitrogens with two attached hydrogens (primary N) is 1. The summed E-state index contributed by atoms with van der Waals surface area (Å²) in [5.74, 6) is 1.02. The minimum Gasteiger partial charge on any atom is -0.353 e. The van der Waals surface area contributed by atoms with E-state index in [1.54, 1.807) is 0 Å². The summed E-state index contributed by atoms with van der Waals surface area (Å²) in [7, 11) is 0. The van der Waals surface area contributed by atoms with Crippen molar-refractivity contribution in [3.8, 4) is 0 Å². The molecule has 0 heterocycles. The zero-order valence-electron chi connectivity index (χ0n) is 11.0. The monoisotopic (exact) mass is 238 g/mol. The van der Waals surface area contributed by atoms with Crippen molar-refractivity contribution in [2.24, 2.45) is 17.1 Å². The lowest BCUT2D eigenvalue weighted by Gasteiger charge is -2.38. The zero-order valence-corrected chi connectivity index (χ0v) is 11.0. The smallest absolute Gasteiger partial charge is 0.220 e. The summed E-state index contributed by atoms with van der Waals surface area (Å²) in [6.07, 6.45) is 9.02. The van der Waals surface area contributed by atoms with Crippen LogP contribution < -0.4 is 11.1 Å². The average molecular weight is 238 g/mol. The Hall–Kier alpha value is -0.570. The molecule has 3 heteroatoms. The van der Waals surface area contributed by atoms with Crippen molar-refractivity contribution < 1.29 is 4.79 Å². The van der Waals surface area contributed by atoms with Crippen LogP contribution in [0.4, 0.5) is 0 Å². The Kier molecular flexibility index (Phi) is 4.08. The highest BCUT2D eigenvalue weighted by molar-refractivity contribution is 5.77. The van der Waals surface area contributed by atoms with Crippen molar-refractivity contribution in [3.63, 3.8) is 0 Å². The molecular weight excluding hydrogens is 212 g/mol. The first kappa shape index (κ1) is 12.9. The highest BCUT2D eigenvalue weighted by Gasteiger charge is 2.34. The molecule has 0 unspecified atom stereocenters. The molecule has 0 radical (unpaired) electrons. The van der Waals surface area contributed by atoms with Gasteiger partial charge in [0.15, 0.2) is 0 Å². The maximum Gasteiger partial charge on any atom is 0.220 e. The van der Waals surface area contributed by atoms with Crippen molar-refractivity contribution in [2.45, 2.75) is 64.3 Å². The second-order valence-electron chi connectivity index (χ2n) is 6.28. The van der Waals surface area contributed by atoms with Crippen LogP contribution in [-0.4, -0.2) is 18.5 Å². The van der Waals surface area contributed by atoms with Crippen molar-refractivity contribution in [2.75, 3.05) is 6.54 Å². The summed E-state index contributed by atoms with van der Waals surface area (Å²) in [6, 6.07) is 0.441. The highest BCUT2D eigenvalue weighted by atomic mass is 16.1. The van der Waals surface area contributed by atoms with Gasteiger partial charge in [-0.05, 0) is 43.6 Å². The summed E-state index contributed by atoms with van der Waals surface area (Å²) >= 11 is 0. The van der Waals surface area contributed by atoms with Crippen LogP contribution in [0, 0.1) is 11.3 Å². The third-order valence-electron chi connectivity index (χ3n) is 4.62. The van der Waals surface area contributed by atoms with E-state index in [2.05, 4.69) is 12.2 Å². The summed E-state index contributed by atoms with van der Waals surface area (Å²) in [4.78, 5) is 12.0. The van der Waals surface area contributed by atoms with E-state index in [0.29, 0.717) is 19.0 Å². The Balaban J connectivity index is 1.79. The van der Waals surface area contributed by atoms with E-state index in [1.807, 2.05) is 0 Å². The number of carbonyl (C=O) groups excluding carboxylic acids is 1. The molecule has 0 bridgehead atoms. The molecule has 1 amide bonds. The van der Waals surface area contributed by atoms with Gasteiger partial charge in [-0.2, -0.15) is 0 Å². The zero-order chi connectivity index (χ0) is 12.3. The molecule has 17 heavy (non-hydrogen) atoms. The van der Waals surface area contributed by atoms with E-state index in [9.17, 15) is 4.79 Å². The summed E-state index contributed by atoms with van der Waals surface area (Å²) in [5.41, 5.74) is 6.01. The maximum atomic E-state index is 12.0. The molecule has 0 aromatic rings. The first-order chi connectivity index (χ1) is 8.13. The Bertz CT molecular complexity index is 265. The van der Waals surface area contributed by atoms with Crippen molar-refractivity contribution in [3.05, 3.63) is 0 Å². The maximum absolute atomic E-state index is 12.0. The predicted octanol–water partition coefficient (Wildman–Crippen LogP) is 2.20. The van der Waals surface area contributed by atoms with Gasteiger partial charge in [-0.1, -0.05) is 26.2 Å². The first-order valence-electron chi connectivity index (χ1n) is 7.13. The Morgan fingerprint density at radius 3 is 2.47 bits per heavy atom. The quantitative estimate of drug-likeness (QED) is 0.789. The third-order valence-corrected chi connectivity index (χ3v) is 4.62. The molecule has 0 saturated heterocycles. The molecule has 3 nitrogen and oxygen atoms in total. The van der Waals surface area contributed by atoms with Crippen molar-refractivity contribution in [1.29, 1.82) is 0 Å². The molecule has 0 aromatic heterocycles. The predicted molar refractivity (Wildman–Crippen MR) is 69.5 cm³/mol. The Morgan fingerprint density at radius 1 is 1.29 bits per heavy atom. The van der Waals surface area contributed by atoms with Crippen LogP contribution in [0.15, 0.2) is 0 Å². The molecule has 0 aliphatic heterocycles. The van der Waals surface area contributed by atoms with Crippen LogP contribution in [0.5, 0.6) is 0 Å². The van der Waals surface area contributed by atoms with E-state index in [1.165, 1.54) is 19.3 Å². The topological polar surface area (TPSA) is 55.1 Å². The van der Waals surface area contributed by atoms with Gasteiger partial charge in [0.2, 0.25) is 5.91 Å². The number of amides is 1. The van der Waals surface area contributed by atoms with E-state index in [-0.39, 0.29) is 11.3 Å². The standard InChI is InChI=1S/C14H26N2O/c1-11-7-12(8-11)16-13(17)9-14(10-15)5-3-2-4-6-14/h11-12H,2-10,15H2,1H3,(H,16,17). The number of hydrogen-bond acceptors (Lipinski definition) is 2. The van der Waals surface area contributed by atoms with Gasteiger partial charge in [0.1, 0.15) is 0 Å². The average Bonchev–Trinajstić information content (AvgIpc) is 2.28. The van der Waals surface area contributed by atoms with E-state index < -0.39 is 0 Å². The molecule has 3 N–H and O–H groups in total. The molecule has 2 aliphatic carbocycles. The molecule has 98 valence electrons. The van der Waals surface area contributed by atoms with Crippen molar-refractivity contribution in [1.82, 2.24) is 5.32 Å². The Morgan fingerprint density at radius 2 is 1.94 bits per heavy atom. The lowest BCUT2D eigenvalue weighted by molar-refractivity contribution is -0.125. The molecule has 0 aromatic carbocycles. The van der Waals surface area contributed by atoms with Crippen LogP contribution >= 0.6 is 0 Å². The van der Waals surface area contributed by atoms with Gasteiger partial charge in [-0.25, -0.2) is 0 Å². The minimum atomic E-state index is 0.109. The van der Waals surface area contributed by atoms with Crippen LogP contribution in [0.25, 0.3) is 0 Å². The normalized spacial score (nSPS) is 31.6. The lowest BCUT2D eigenvalue weighted by atomic mass is 9.71. The Labute approximate surface area is 105 Å². The van der Waals surface area contributed by atoms with E-state index in [0.717, 1.165) is 31.6 Å². The second-order valence-corrected chi connectivity index (χ2v) is 6.28. The molecule has 2 saturated carbocycles. The van der Waals surface area contributed by atoms with Crippen LogP contribution in [0.2, 0.25) is 0 Å². The number of hydrogen-bond donors (Lipinski definition) is 2. The molecule has 2 aliphatic rings. The van der Waals surface area contributed by atoms with Gasteiger partial charge in [0.05, 0.1) is 0 Å². The molecule has 2 fully saturated rings. The van der Waals surface area contributed by atoms with Crippen LogP contribution in [-0.2, 0) is 4.79 Å². The fourth-order valence-electron chi connectivity index (χ4n) is 3.39. The minimum absolute atomic E-state index is 0.109. The van der Waals surface area contributed by atoms with Gasteiger partial charge < -0.3 is 11.1 Å². The molecular formula is C14H26N2O. The van der Waals surface area contributed by atoms with Crippen molar-refractivity contribution >= 4 is 5.91 Å². The fraction of sp³-hybridized carbons (Fsp3) is 0.929. The number of carbonyl (C=O) groups is 1. The number of nitrogens with one attached hydrogen (secondary N) is 1. The summed E-state index contributed by atoms with van der Waals surface area (Å²) < 4.78 is 0. The van der Waals surface area contributed by atoms with Gasteiger partial charge >= 0.3 is 0 Å². The van der Waals surface area contributed by atoms with Gasteiger partial charge in [-0.15, -0.1) is 0 Å². The fourth-order valence-corrected chi connectivity index (χ4v) is 3.39. The largest absolute Gasteiger partial charge is 0.353 e. The molecule has 0 atom stereocenters. The van der Waals surface area contributed by atoms with Gasteiger partial charge in [-0.3, -0.25) is 4.79 Å². The van der Waals surface area contributed by atoms with Crippen LogP contribution in [0.1, 0.15) is 58.3 Å². The highest BCUT2D eigenvalue weighted by Crippen LogP contribution is 2.38.